The molecule has 2 fully saturated rings. The van der Waals surface area contributed by atoms with Gasteiger partial charge in [-0.15, -0.1) is 0 Å². The molecular weight excluding hydrogens is 260 g/mol. The molecule has 1 saturated carbocycles. The highest BCUT2D eigenvalue weighted by Crippen LogP contribution is 2.30. The van der Waals surface area contributed by atoms with Crippen LogP contribution in [-0.2, 0) is 11.3 Å². The Balaban J connectivity index is 1.62. The van der Waals surface area contributed by atoms with Gasteiger partial charge in [0.15, 0.2) is 0 Å². The fourth-order valence-corrected chi connectivity index (χ4v) is 3.56. The first kappa shape index (κ1) is 14.6. The molecule has 2 aliphatic rings. The van der Waals surface area contributed by atoms with E-state index in [9.17, 15) is 4.79 Å². The van der Waals surface area contributed by atoms with E-state index in [4.69, 9.17) is 0 Å². The topological polar surface area (TPSA) is 23.6 Å². The van der Waals surface area contributed by atoms with Crippen LogP contribution in [0.2, 0.25) is 0 Å². The van der Waals surface area contributed by atoms with Crippen LogP contribution in [0.3, 0.4) is 0 Å². The molecule has 3 nitrogen and oxygen atoms in total. The second-order valence-corrected chi connectivity index (χ2v) is 6.73. The Morgan fingerprint density at radius 3 is 2.24 bits per heavy atom. The fourth-order valence-electron chi connectivity index (χ4n) is 3.56. The third-order valence-electron chi connectivity index (χ3n) is 5.08. The zero-order chi connectivity index (χ0) is 14.8. The molecule has 0 spiro atoms. The van der Waals surface area contributed by atoms with Crippen molar-refractivity contribution in [3.63, 3.8) is 0 Å². The minimum atomic E-state index is 0.324. The maximum absolute atomic E-state index is 12.4. The van der Waals surface area contributed by atoms with Crippen LogP contribution in [0.5, 0.6) is 0 Å². The Hall–Kier alpha value is -1.35. The number of carbonyl (C=O) groups excluding carboxylic acids is 1. The number of piperazine rings is 1. The Labute approximate surface area is 127 Å². The Morgan fingerprint density at radius 2 is 1.71 bits per heavy atom. The summed E-state index contributed by atoms with van der Waals surface area (Å²) in [5.74, 6) is 0.726. The molecular formula is C18H26N2O. The van der Waals surface area contributed by atoms with E-state index in [0.29, 0.717) is 23.9 Å². The fraction of sp³-hybridized carbons (Fsp3) is 0.611. The summed E-state index contributed by atoms with van der Waals surface area (Å²) in [4.78, 5) is 17.1. The molecule has 1 aliphatic carbocycles. The summed E-state index contributed by atoms with van der Waals surface area (Å²) in [7, 11) is 0. The lowest BCUT2D eigenvalue weighted by Crippen LogP contribution is -2.58. The lowest BCUT2D eigenvalue weighted by molar-refractivity contribution is -0.142. The third kappa shape index (κ3) is 3.13. The SMILES string of the molecule is CC1CN(C(=O)C2CCC2)CC(C)N1Cc1ccccc1. The molecule has 3 rings (SSSR count). The van der Waals surface area contributed by atoms with Gasteiger partial charge < -0.3 is 4.90 Å². The molecule has 1 amide bonds. The largest absolute Gasteiger partial charge is 0.339 e. The normalized spacial score (nSPS) is 27.4. The van der Waals surface area contributed by atoms with Gasteiger partial charge in [-0.3, -0.25) is 9.69 Å². The standard InChI is InChI=1S/C18H26N2O/c1-14-11-19(18(21)17-9-6-10-17)12-15(2)20(14)13-16-7-4-3-5-8-16/h3-5,7-8,14-15,17H,6,9-13H2,1-2H3. The highest BCUT2D eigenvalue weighted by Gasteiger charge is 2.36. The van der Waals surface area contributed by atoms with Crippen LogP contribution in [0.25, 0.3) is 0 Å². The number of hydrogen-bond donors (Lipinski definition) is 0. The first-order chi connectivity index (χ1) is 10.1. The summed E-state index contributed by atoms with van der Waals surface area (Å²) >= 11 is 0. The zero-order valence-corrected chi connectivity index (χ0v) is 13.2. The highest BCUT2D eigenvalue weighted by atomic mass is 16.2. The number of hydrogen-bond acceptors (Lipinski definition) is 2. The summed E-state index contributed by atoms with van der Waals surface area (Å²) in [6, 6.07) is 11.5. The molecule has 0 bridgehead atoms. The van der Waals surface area contributed by atoms with Gasteiger partial charge in [-0.05, 0) is 32.3 Å². The highest BCUT2D eigenvalue weighted by molar-refractivity contribution is 5.79. The van der Waals surface area contributed by atoms with Gasteiger partial charge in [0.1, 0.15) is 0 Å². The first-order valence-electron chi connectivity index (χ1n) is 8.23. The molecule has 0 aromatic heterocycles. The smallest absolute Gasteiger partial charge is 0.225 e. The Kier molecular flexibility index (Phi) is 4.29. The van der Waals surface area contributed by atoms with Crippen molar-refractivity contribution < 1.29 is 4.79 Å². The van der Waals surface area contributed by atoms with Crippen molar-refractivity contribution in [2.24, 2.45) is 5.92 Å². The van der Waals surface area contributed by atoms with Crippen molar-refractivity contribution in [2.45, 2.75) is 51.7 Å². The van der Waals surface area contributed by atoms with Crippen molar-refractivity contribution >= 4 is 5.91 Å². The predicted molar refractivity (Wildman–Crippen MR) is 84.8 cm³/mol. The van der Waals surface area contributed by atoms with Gasteiger partial charge in [0.25, 0.3) is 0 Å². The van der Waals surface area contributed by atoms with Crippen LogP contribution in [0.1, 0.15) is 38.7 Å². The number of rotatable bonds is 3. The van der Waals surface area contributed by atoms with E-state index >= 15 is 0 Å². The lowest BCUT2D eigenvalue weighted by atomic mass is 9.84. The molecule has 2 atom stereocenters. The van der Waals surface area contributed by atoms with Crippen LogP contribution in [0.15, 0.2) is 30.3 Å². The van der Waals surface area contributed by atoms with Crippen LogP contribution in [0.4, 0.5) is 0 Å². The van der Waals surface area contributed by atoms with Crippen molar-refractivity contribution in [1.29, 1.82) is 0 Å². The second-order valence-electron chi connectivity index (χ2n) is 6.73. The molecule has 1 heterocycles. The molecule has 2 unspecified atom stereocenters. The number of carbonyl (C=O) groups is 1. The van der Waals surface area contributed by atoms with Gasteiger partial charge in [-0.1, -0.05) is 36.8 Å². The molecule has 1 saturated heterocycles. The van der Waals surface area contributed by atoms with Crippen molar-refractivity contribution in [1.82, 2.24) is 9.80 Å². The van der Waals surface area contributed by atoms with Crippen molar-refractivity contribution in [3.8, 4) is 0 Å². The summed E-state index contributed by atoms with van der Waals surface area (Å²) in [5, 5.41) is 0. The van der Waals surface area contributed by atoms with Crippen LogP contribution in [-0.4, -0.2) is 40.9 Å². The Bertz CT molecular complexity index is 471. The minimum Gasteiger partial charge on any atom is -0.339 e. The van der Waals surface area contributed by atoms with Gasteiger partial charge in [0.05, 0.1) is 0 Å². The van der Waals surface area contributed by atoms with Crippen LogP contribution >= 0.6 is 0 Å². The van der Waals surface area contributed by atoms with Crippen LogP contribution < -0.4 is 0 Å². The van der Waals surface area contributed by atoms with Gasteiger partial charge >= 0.3 is 0 Å². The summed E-state index contributed by atoms with van der Waals surface area (Å²) in [5.41, 5.74) is 1.36. The maximum Gasteiger partial charge on any atom is 0.225 e. The molecule has 1 aromatic carbocycles. The van der Waals surface area contributed by atoms with E-state index in [-0.39, 0.29) is 0 Å². The van der Waals surface area contributed by atoms with Gasteiger partial charge in [0, 0.05) is 37.6 Å². The molecule has 1 aromatic rings. The molecule has 1 aliphatic heterocycles. The molecule has 21 heavy (non-hydrogen) atoms. The van der Waals surface area contributed by atoms with Crippen molar-refractivity contribution in [3.05, 3.63) is 35.9 Å². The minimum absolute atomic E-state index is 0.324. The van der Waals surface area contributed by atoms with Gasteiger partial charge in [-0.25, -0.2) is 0 Å². The van der Waals surface area contributed by atoms with Gasteiger partial charge in [0.2, 0.25) is 5.91 Å². The van der Waals surface area contributed by atoms with Gasteiger partial charge in [-0.2, -0.15) is 0 Å². The maximum atomic E-state index is 12.4. The van der Waals surface area contributed by atoms with E-state index in [2.05, 4.69) is 54.0 Å². The van der Waals surface area contributed by atoms with E-state index in [0.717, 1.165) is 32.5 Å². The predicted octanol–water partition coefficient (Wildman–Crippen LogP) is 2.91. The van der Waals surface area contributed by atoms with E-state index in [1.807, 2.05) is 0 Å². The second kappa shape index (κ2) is 6.18. The molecule has 0 radical (unpaired) electrons. The molecule has 114 valence electrons. The molecule has 3 heteroatoms. The number of nitrogens with zero attached hydrogens (tertiary/aromatic N) is 2. The molecule has 0 N–H and O–H groups in total. The monoisotopic (exact) mass is 286 g/mol. The Morgan fingerprint density at radius 1 is 1.10 bits per heavy atom. The number of benzene rings is 1. The summed E-state index contributed by atoms with van der Waals surface area (Å²) in [6.07, 6.45) is 3.44. The lowest BCUT2D eigenvalue weighted by Gasteiger charge is -2.46. The van der Waals surface area contributed by atoms with Crippen molar-refractivity contribution in [2.75, 3.05) is 13.1 Å². The number of amides is 1. The van der Waals surface area contributed by atoms with E-state index in [1.54, 1.807) is 0 Å². The summed E-state index contributed by atoms with van der Waals surface area (Å²) < 4.78 is 0. The average molecular weight is 286 g/mol. The van der Waals surface area contributed by atoms with E-state index in [1.165, 1.54) is 12.0 Å². The first-order valence-corrected chi connectivity index (χ1v) is 8.23. The third-order valence-corrected chi connectivity index (χ3v) is 5.08. The van der Waals surface area contributed by atoms with E-state index < -0.39 is 0 Å². The van der Waals surface area contributed by atoms with Crippen LogP contribution in [0, 0.1) is 5.92 Å². The summed E-state index contributed by atoms with van der Waals surface area (Å²) in [6.45, 7) is 7.24. The quantitative estimate of drug-likeness (QED) is 0.853. The average Bonchev–Trinajstić information content (AvgIpc) is 2.42. The zero-order valence-electron chi connectivity index (χ0n) is 13.2.